The van der Waals surface area contributed by atoms with Crippen LogP contribution in [0.3, 0.4) is 0 Å². The van der Waals surface area contributed by atoms with Crippen LogP contribution in [0.25, 0.3) is 0 Å². The van der Waals surface area contributed by atoms with E-state index in [1.165, 1.54) is 11.1 Å². The molecule has 0 atom stereocenters. The summed E-state index contributed by atoms with van der Waals surface area (Å²) in [5.74, 6) is 2.40. The number of pyridine rings is 1. The lowest BCUT2D eigenvalue weighted by molar-refractivity contribution is 0.838. The first-order valence-corrected chi connectivity index (χ1v) is 9.40. The number of nitrogens with one attached hydrogen (secondary N) is 2. The molecule has 2 aromatic heterocycles. The fraction of sp³-hybridized carbons (Fsp3) is 0.318. The third-order valence-electron chi connectivity index (χ3n) is 4.47. The van der Waals surface area contributed by atoms with Gasteiger partial charge in [-0.2, -0.15) is 0 Å². The van der Waals surface area contributed by atoms with Crippen LogP contribution < -0.4 is 10.6 Å². The summed E-state index contributed by atoms with van der Waals surface area (Å²) in [6, 6.07) is 14.3. The summed E-state index contributed by atoms with van der Waals surface area (Å²) in [4.78, 5) is 13.1. The molecule has 0 aliphatic carbocycles. The second kappa shape index (κ2) is 8.62. The summed E-state index contributed by atoms with van der Waals surface area (Å²) in [6.45, 7) is 9.47. The molecule has 140 valence electrons. The minimum atomic E-state index is 0.426. The summed E-state index contributed by atoms with van der Waals surface area (Å²) in [5, 5.41) is 6.84. The first-order valence-electron chi connectivity index (χ1n) is 9.40. The number of anilines is 3. The molecule has 5 nitrogen and oxygen atoms in total. The first kappa shape index (κ1) is 18.8. The van der Waals surface area contributed by atoms with Gasteiger partial charge >= 0.3 is 0 Å². The predicted molar refractivity (Wildman–Crippen MR) is 111 cm³/mol. The van der Waals surface area contributed by atoms with Gasteiger partial charge in [0.2, 0.25) is 0 Å². The van der Waals surface area contributed by atoms with Crippen LogP contribution in [0.15, 0.2) is 55.0 Å². The Hall–Kier alpha value is -2.95. The highest BCUT2D eigenvalue weighted by molar-refractivity contribution is 5.67. The summed E-state index contributed by atoms with van der Waals surface area (Å²) in [7, 11) is 0. The topological polar surface area (TPSA) is 62.7 Å². The lowest BCUT2D eigenvalue weighted by Gasteiger charge is -2.20. The molecule has 0 aliphatic heterocycles. The number of aromatic nitrogens is 3. The molecule has 27 heavy (non-hydrogen) atoms. The lowest BCUT2D eigenvalue weighted by atomic mass is 9.92. The average Bonchev–Trinajstić information content (AvgIpc) is 2.67. The van der Waals surface area contributed by atoms with E-state index in [0.717, 1.165) is 23.0 Å². The number of rotatable bonds is 7. The van der Waals surface area contributed by atoms with Crippen molar-refractivity contribution in [2.45, 2.75) is 46.1 Å². The fourth-order valence-electron chi connectivity index (χ4n) is 3.03. The van der Waals surface area contributed by atoms with E-state index < -0.39 is 0 Å². The van der Waals surface area contributed by atoms with E-state index in [2.05, 4.69) is 71.5 Å². The van der Waals surface area contributed by atoms with E-state index in [4.69, 9.17) is 0 Å². The van der Waals surface area contributed by atoms with E-state index in [0.29, 0.717) is 18.4 Å². The van der Waals surface area contributed by atoms with Gasteiger partial charge in [-0.25, -0.2) is 9.97 Å². The molecule has 0 spiro atoms. The lowest BCUT2D eigenvalue weighted by Crippen LogP contribution is -2.07. The number of benzene rings is 1. The molecular formula is C22H27N5. The van der Waals surface area contributed by atoms with Gasteiger partial charge in [0.25, 0.3) is 0 Å². The molecule has 0 bridgehead atoms. The van der Waals surface area contributed by atoms with Crippen molar-refractivity contribution in [3.05, 3.63) is 71.8 Å². The van der Waals surface area contributed by atoms with Gasteiger partial charge in [-0.3, -0.25) is 4.98 Å². The highest BCUT2D eigenvalue weighted by Gasteiger charge is 2.14. The van der Waals surface area contributed by atoms with E-state index >= 15 is 0 Å². The Morgan fingerprint density at radius 1 is 0.815 bits per heavy atom. The minimum Gasteiger partial charge on any atom is -0.364 e. The SMILES string of the molecule is CC(C)c1cccc(C(C)C)c1Nc1cc(NCc2ccccn2)ncn1. The highest BCUT2D eigenvalue weighted by atomic mass is 15.1. The van der Waals surface area contributed by atoms with Gasteiger partial charge in [0, 0.05) is 18.0 Å². The second-order valence-electron chi connectivity index (χ2n) is 7.21. The number of hydrogen-bond acceptors (Lipinski definition) is 5. The Morgan fingerprint density at radius 2 is 1.52 bits per heavy atom. The predicted octanol–water partition coefficient (Wildman–Crippen LogP) is 5.47. The smallest absolute Gasteiger partial charge is 0.135 e. The Labute approximate surface area is 161 Å². The van der Waals surface area contributed by atoms with Crippen LogP contribution in [0.2, 0.25) is 0 Å². The maximum atomic E-state index is 4.41. The zero-order valence-corrected chi connectivity index (χ0v) is 16.4. The van der Waals surface area contributed by atoms with Crippen molar-refractivity contribution in [1.82, 2.24) is 15.0 Å². The summed E-state index contributed by atoms with van der Waals surface area (Å²) >= 11 is 0. The van der Waals surface area contributed by atoms with Crippen LogP contribution in [0.1, 0.15) is 56.4 Å². The van der Waals surface area contributed by atoms with E-state index in [1.54, 1.807) is 12.5 Å². The van der Waals surface area contributed by atoms with Crippen molar-refractivity contribution in [2.24, 2.45) is 0 Å². The molecule has 0 fully saturated rings. The van der Waals surface area contributed by atoms with Gasteiger partial charge in [-0.1, -0.05) is 52.0 Å². The van der Waals surface area contributed by atoms with Crippen molar-refractivity contribution in [3.8, 4) is 0 Å². The zero-order chi connectivity index (χ0) is 19.2. The molecule has 0 radical (unpaired) electrons. The van der Waals surface area contributed by atoms with Crippen LogP contribution in [0.4, 0.5) is 17.3 Å². The van der Waals surface area contributed by atoms with Gasteiger partial charge in [-0.15, -0.1) is 0 Å². The minimum absolute atomic E-state index is 0.426. The van der Waals surface area contributed by atoms with E-state index in [1.807, 2.05) is 24.3 Å². The fourth-order valence-corrected chi connectivity index (χ4v) is 3.03. The molecule has 2 heterocycles. The van der Waals surface area contributed by atoms with Crippen molar-refractivity contribution in [1.29, 1.82) is 0 Å². The van der Waals surface area contributed by atoms with Gasteiger partial charge < -0.3 is 10.6 Å². The third kappa shape index (κ3) is 4.82. The van der Waals surface area contributed by atoms with Crippen molar-refractivity contribution < 1.29 is 0 Å². The Kier molecular flexibility index (Phi) is 6.01. The Bertz CT molecular complexity index is 849. The summed E-state index contributed by atoms with van der Waals surface area (Å²) in [5.41, 5.74) is 4.71. The summed E-state index contributed by atoms with van der Waals surface area (Å²) < 4.78 is 0. The standard InChI is InChI=1S/C22H27N5/c1-15(2)18-9-7-10-19(16(3)4)22(18)27-21-12-20(25-14-26-21)24-13-17-8-5-6-11-23-17/h5-12,14-16H,13H2,1-4H3,(H2,24,25,26,27). The molecule has 0 aliphatic rings. The van der Waals surface area contributed by atoms with Gasteiger partial charge in [0.05, 0.1) is 12.2 Å². The number of para-hydroxylation sites is 1. The van der Waals surface area contributed by atoms with Crippen LogP contribution in [0, 0.1) is 0 Å². The molecule has 0 saturated carbocycles. The highest BCUT2D eigenvalue weighted by Crippen LogP contribution is 2.34. The van der Waals surface area contributed by atoms with Gasteiger partial charge in [-0.05, 0) is 35.1 Å². The van der Waals surface area contributed by atoms with Crippen LogP contribution in [-0.4, -0.2) is 15.0 Å². The molecule has 0 amide bonds. The largest absolute Gasteiger partial charge is 0.364 e. The molecule has 3 rings (SSSR count). The summed E-state index contributed by atoms with van der Waals surface area (Å²) in [6.07, 6.45) is 3.37. The van der Waals surface area contributed by atoms with Crippen LogP contribution in [-0.2, 0) is 6.54 Å². The van der Waals surface area contributed by atoms with Crippen molar-refractivity contribution >= 4 is 17.3 Å². The second-order valence-corrected chi connectivity index (χ2v) is 7.21. The van der Waals surface area contributed by atoms with Crippen LogP contribution >= 0.6 is 0 Å². The zero-order valence-electron chi connectivity index (χ0n) is 16.4. The van der Waals surface area contributed by atoms with Crippen molar-refractivity contribution in [2.75, 3.05) is 10.6 Å². The third-order valence-corrected chi connectivity index (χ3v) is 4.47. The Morgan fingerprint density at radius 3 is 2.15 bits per heavy atom. The van der Waals surface area contributed by atoms with E-state index in [9.17, 15) is 0 Å². The number of hydrogen-bond donors (Lipinski definition) is 2. The maximum Gasteiger partial charge on any atom is 0.135 e. The van der Waals surface area contributed by atoms with Gasteiger partial charge in [0.1, 0.15) is 18.0 Å². The molecular weight excluding hydrogens is 334 g/mol. The van der Waals surface area contributed by atoms with E-state index in [-0.39, 0.29) is 0 Å². The molecule has 5 heteroatoms. The van der Waals surface area contributed by atoms with Gasteiger partial charge in [0.15, 0.2) is 0 Å². The average molecular weight is 361 g/mol. The molecule has 0 saturated heterocycles. The maximum absolute atomic E-state index is 4.41. The van der Waals surface area contributed by atoms with Crippen molar-refractivity contribution in [3.63, 3.8) is 0 Å². The molecule has 1 aromatic carbocycles. The Balaban J connectivity index is 1.82. The number of nitrogens with zero attached hydrogens (tertiary/aromatic N) is 3. The monoisotopic (exact) mass is 361 g/mol. The quantitative estimate of drug-likeness (QED) is 0.584. The first-order chi connectivity index (χ1) is 13.0. The normalized spacial score (nSPS) is 11.0. The molecule has 2 N–H and O–H groups in total. The molecule has 0 unspecified atom stereocenters. The molecule has 3 aromatic rings. The van der Waals surface area contributed by atoms with Crippen LogP contribution in [0.5, 0.6) is 0 Å².